The van der Waals surface area contributed by atoms with Crippen molar-refractivity contribution in [3.8, 4) is 0 Å². The first kappa shape index (κ1) is 10.8. The van der Waals surface area contributed by atoms with E-state index in [1.54, 1.807) is 6.07 Å². The summed E-state index contributed by atoms with van der Waals surface area (Å²) in [5.74, 6) is 0. The van der Waals surface area contributed by atoms with Gasteiger partial charge in [-0.15, -0.1) is 0 Å². The lowest BCUT2D eigenvalue weighted by molar-refractivity contribution is 0.787. The zero-order valence-corrected chi connectivity index (χ0v) is 9.81. The van der Waals surface area contributed by atoms with Crippen molar-refractivity contribution in [2.24, 2.45) is 0 Å². The molecule has 0 fully saturated rings. The van der Waals surface area contributed by atoms with Crippen LogP contribution >= 0.6 is 0 Å². The van der Waals surface area contributed by atoms with E-state index in [2.05, 4.69) is 27.4 Å². The molecule has 1 aliphatic rings. The van der Waals surface area contributed by atoms with Crippen LogP contribution in [0.3, 0.4) is 0 Å². The number of hydrogen-bond donors (Lipinski definition) is 3. The molecule has 1 aliphatic carbocycles. The summed E-state index contributed by atoms with van der Waals surface area (Å²) in [6.45, 7) is 0. The second kappa shape index (κ2) is 4.18. The highest BCUT2D eigenvalue weighted by Gasteiger charge is 2.12. The van der Waals surface area contributed by atoms with Gasteiger partial charge in [0.15, 0.2) is 0 Å². The highest BCUT2D eigenvalue weighted by Crippen LogP contribution is 2.25. The van der Waals surface area contributed by atoms with Crippen LogP contribution in [0, 0.1) is 0 Å². The van der Waals surface area contributed by atoms with E-state index < -0.39 is 0 Å². The molecular formula is C13H14N4O. The van der Waals surface area contributed by atoms with Crippen LogP contribution in [-0.4, -0.2) is 16.0 Å². The van der Waals surface area contributed by atoms with Gasteiger partial charge in [0.1, 0.15) is 0 Å². The molecule has 2 aromatic rings. The molecule has 5 nitrogen and oxygen atoms in total. The zero-order valence-electron chi connectivity index (χ0n) is 9.81. The van der Waals surface area contributed by atoms with Gasteiger partial charge in [-0.1, -0.05) is 12.2 Å². The number of rotatable bonds is 2. The Morgan fingerprint density at radius 3 is 2.89 bits per heavy atom. The second-order valence-electron chi connectivity index (χ2n) is 4.47. The van der Waals surface area contributed by atoms with Gasteiger partial charge in [-0.25, -0.2) is 4.98 Å². The Balaban J connectivity index is 2.02. The van der Waals surface area contributed by atoms with E-state index in [9.17, 15) is 4.79 Å². The summed E-state index contributed by atoms with van der Waals surface area (Å²) in [5.41, 5.74) is 7.88. The molecule has 0 saturated carbocycles. The van der Waals surface area contributed by atoms with E-state index >= 15 is 0 Å². The summed E-state index contributed by atoms with van der Waals surface area (Å²) in [4.78, 5) is 18.3. The predicted octanol–water partition coefficient (Wildman–Crippen LogP) is 1.64. The van der Waals surface area contributed by atoms with Crippen LogP contribution in [0.2, 0.25) is 0 Å². The lowest BCUT2D eigenvalue weighted by Gasteiger charge is -2.15. The largest absolute Gasteiger partial charge is 0.397 e. The minimum Gasteiger partial charge on any atom is -0.397 e. The van der Waals surface area contributed by atoms with Crippen molar-refractivity contribution in [2.75, 3.05) is 11.1 Å². The molecule has 1 aromatic carbocycles. The number of nitrogens with zero attached hydrogens (tertiary/aromatic N) is 1. The van der Waals surface area contributed by atoms with Crippen molar-refractivity contribution in [2.45, 2.75) is 18.9 Å². The number of hydrogen-bond acceptors (Lipinski definition) is 4. The first-order valence-electron chi connectivity index (χ1n) is 5.92. The Labute approximate surface area is 104 Å². The molecular weight excluding hydrogens is 228 g/mol. The maximum absolute atomic E-state index is 11.6. The van der Waals surface area contributed by atoms with Crippen LogP contribution in [-0.2, 0) is 0 Å². The second-order valence-corrected chi connectivity index (χ2v) is 4.47. The fraction of sp³-hybridized carbons (Fsp3) is 0.231. The molecule has 0 atom stereocenters. The molecule has 0 aliphatic heterocycles. The Morgan fingerprint density at radius 1 is 1.33 bits per heavy atom. The van der Waals surface area contributed by atoms with Gasteiger partial charge < -0.3 is 16.0 Å². The highest BCUT2D eigenvalue weighted by molar-refractivity contribution is 5.88. The van der Waals surface area contributed by atoms with Crippen LogP contribution in [0.1, 0.15) is 12.8 Å². The van der Waals surface area contributed by atoms with E-state index in [1.165, 1.54) is 6.33 Å². The first-order valence-corrected chi connectivity index (χ1v) is 5.92. The SMILES string of the molecule is Nc1cc2c(=O)[nH]cnc2cc1NC1CC=CC1. The first-order chi connectivity index (χ1) is 8.74. The van der Waals surface area contributed by atoms with Crippen molar-refractivity contribution in [1.29, 1.82) is 0 Å². The molecule has 0 unspecified atom stereocenters. The molecule has 3 rings (SSSR count). The number of aromatic nitrogens is 2. The summed E-state index contributed by atoms with van der Waals surface area (Å²) < 4.78 is 0. The van der Waals surface area contributed by atoms with E-state index in [1.807, 2.05) is 6.07 Å². The van der Waals surface area contributed by atoms with Crippen molar-refractivity contribution in [1.82, 2.24) is 9.97 Å². The lowest BCUT2D eigenvalue weighted by Crippen LogP contribution is -2.16. The smallest absolute Gasteiger partial charge is 0.258 e. The third kappa shape index (κ3) is 1.84. The summed E-state index contributed by atoms with van der Waals surface area (Å²) in [6, 6.07) is 3.89. The molecule has 5 heteroatoms. The predicted molar refractivity (Wildman–Crippen MR) is 72.6 cm³/mol. The number of nitrogens with two attached hydrogens (primary N) is 1. The van der Waals surface area contributed by atoms with Crippen molar-refractivity contribution in [3.05, 3.63) is 41.0 Å². The van der Waals surface area contributed by atoms with E-state index in [4.69, 9.17) is 5.73 Å². The van der Waals surface area contributed by atoms with Gasteiger partial charge in [0.2, 0.25) is 0 Å². The topological polar surface area (TPSA) is 83.8 Å². The fourth-order valence-corrected chi connectivity index (χ4v) is 2.21. The average molecular weight is 242 g/mol. The molecule has 0 saturated heterocycles. The Bertz CT molecular complexity index is 666. The van der Waals surface area contributed by atoms with Gasteiger partial charge >= 0.3 is 0 Å². The molecule has 18 heavy (non-hydrogen) atoms. The number of benzene rings is 1. The van der Waals surface area contributed by atoms with Crippen LogP contribution in [0.25, 0.3) is 10.9 Å². The summed E-state index contributed by atoms with van der Waals surface area (Å²) in [6.07, 6.45) is 7.71. The van der Waals surface area contributed by atoms with Gasteiger partial charge in [-0.05, 0) is 25.0 Å². The summed E-state index contributed by atoms with van der Waals surface area (Å²) in [5, 5.41) is 3.90. The molecule has 0 amide bonds. The van der Waals surface area contributed by atoms with Crippen LogP contribution in [0.4, 0.5) is 11.4 Å². The lowest BCUT2D eigenvalue weighted by atomic mass is 10.1. The molecule has 4 N–H and O–H groups in total. The third-order valence-corrected chi connectivity index (χ3v) is 3.18. The van der Waals surface area contributed by atoms with Crippen molar-refractivity contribution in [3.63, 3.8) is 0 Å². The molecule has 0 radical (unpaired) electrons. The van der Waals surface area contributed by atoms with Gasteiger partial charge in [-0.2, -0.15) is 0 Å². The van der Waals surface area contributed by atoms with Crippen LogP contribution in [0.15, 0.2) is 35.4 Å². The standard InChI is InChI=1S/C13H14N4O/c14-10-5-9-11(15-7-16-13(9)18)6-12(10)17-8-3-1-2-4-8/h1-2,5-8,17H,3-4,14H2,(H,15,16,18). The maximum Gasteiger partial charge on any atom is 0.258 e. The Morgan fingerprint density at radius 2 is 2.11 bits per heavy atom. The van der Waals surface area contributed by atoms with Crippen LogP contribution < -0.4 is 16.6 Å². The molecule has 92 valence electrons. The molecule has 0 bridgehead atoms. The number of anilines is 2. The van der Waals surface area contributed by atoms with Gasteiger partial charge in [0.05, 0.1) is 28.6 Å². The Kier molecular flexibility index (Phi) is 2.51. The van der Waals surface area contributed by atoms with Crippen molar-refractivity contribution < 1.29 is 0 Å². The minimum absolute atomic E-state index is 0.166. The number of nitrogen functional groups attached to an aromatic ring is 1. The van der Waals surface area contributed by atoms with Gasteiger partial charge in [-0.3, -0.25) is 4.79 Å². The van der Waals surface area contributed by atoms with E-state index in [-0.39, 0.29) is 5.56 Å². The molecule has 1 heterocycles. The number of H-pyrrole nitrogens is 1. The maximum atomic E-state index is 11.6. The van der Waals surface area contributed by atoms with Gasteiger partial charge in [0.25, 0.3) is 5.56 Å². The minimum atomic E-state index is -0.166. The fourth-order valence-electron chi connectivity index (χ4n) is 2.21. The quantitative estimate of drug-likeness (QED) is 0.552. The normalized spacial score (nSPS) is 15.3. The average Bonchev–Trinajstić information content (AvgIpc) is 2.84. The highest BCUT2D eigenvalue weighted by atomic mass is 16.1. The van der Waals surface area contributed by atoms with Gasteiger partial charge in [0, 0.05) is 6.04 Å². The van der Waals surface area contributed by atoms with Crippen molar-refractivity contribution >= 4 is 22.3 Å². The third-order valence-electron chi connectivity index (χ3n) is 3.18. The zero-order chi connectivity index (χ0) is 12.5. The Hall–Kier alpha value is -2.30. The van der Waals surface area contributed by atoms with Crippen LogP contribution in [0.5, 0.6) is 0 Å². The molecule has 1 aromatic heterocycles. The monoisotopic (exact) mass is 242 g/mol. The van der Waals surface area contributed by atoms with E-state index in [0.29, 0.717) is 22.6 Å². The number of fused-ring (bicyclic) bond motifs is 1. The van der Waals surface area contributed by atoms with E-state index in [0.717, 1.165) is 18.5 Å². The summed E-state index contributed by atoms with van der Waals surface area (Å²) in [7, 11) is 0. The molecule has 0 spiro atoms. The number of nitrogens with one attached hydrogen (secondary N) is 2. The summed E-state index contributed by atoms with van der Waals surface area (Å²) >= 11 is 0. The number of aromatic amines is 1.